The number of nitrogens with zero attached hydrogens (tertiary/aromatic N) is 1. The predicted molar refractivity (Wildman–Crippen MR) is 70.5 cm³/mol. The van der Waals surface area contributed by atoms with Crippen LogP contribution in [0.2, 0.25) is 0 Å². The highest BCUT2D eigenvalue weighted by Crippen LogP contribution is 2.12. The number of hydrogen-bond donors (Lipinski definition) is 1. The minimum absolute atomic E-state index is 0.635. The van der Waals surface area contributed by atoms with Gasteiger partial charge in [-0.15, -0.1) is 0 Å². The highest BCUT2D eigenvalue weighted by atomic mass is 16.5. The van der Waals surface area contributed by atoms with Crippen LogP contribution in [-0.4, -0.2) is 42.4 Å². The second kappa shape index (κ2) is 6.03. The molecule has 3 heteroatoms. The zero-order valence-electron chi connectivity index (χ0n) is 11.2. The molecule has 0 aromatic heterocycles. The molecule has 0 saturated heterocycles. The summed E-state index contributed by atoms with van der Waals surface area (Å²) in [7, 11) is 1.98. The Morgan fingerprint density at radius 3 is 2.65 bits per heavy atom. The van der Waals surface area contributed by atoms with E-state index in [0.717, 1.165) is 12.3 Å². The van der Waals surface area contributed by atoms with Gasteiger partial charge in [0, 0.05) is 13.1 Å². The third-order valence-corrected chi connectivity index (χ3v) is 2.39. The number of rotatable bonds is 6. The molecule has 0 aliphatic rings. The van der Waals surface area contributed by atoms with Crippen molar-refractivity contribution in [3.63, 3.8) is 0 Å². The highest BCUT2D eigenvalue weighted by molar-refractivity contribution is 5.27. The molecule has 96 valence electrons. The van der Waals surface area contributed by atoms with Crippen LogP contribution in [0.25, 0.3) is 0 Å². The molecule has 17 heavy (non-hydrogen) atoms. The zero-order chi connectivity index (χ0) is 12.9. The van der Waals surface area contributed by atoms with Crippen molar-refractivity contribution in [2.24, 2.45) is 0 Å². The minimum atomic E-state index is -0.655. The molecule has 3 nitrogen and oxygen atoms in total. The number of aliphatic hydroxyl groups is 1. The van der Waals surface area contributed by atoms with Crippen molar-refractivity contribution >= 4 is 0 Å². The molecule has 1 aromatic carbocycles. The van der Waals surface area contributed by atoms with Gasteiger partial charge in [0.2, 0.25) is 0 Å². The van der Waals surface area contributed by atoms with E-state index in [1.54, 1.807) is 0 Å². The summed E-state index contributed by atoms with van der Waals surface area (Å²) in [5.41, 5.74) is 0.547. The molecule has 0 saturated carbocycles. The van der Waals surface area contributed by atoms with E-state index >= 15 is 0 Å². The van der Waals surface area contributed by atoms with Crippen LogP contribution < -0.4 is 4.74 Å². The summed E-state index contributed by atoms with van der Waals surface area (Å²) in [5, 5.41) is 9.66. The third-order valence-electron chi connectivity index (χ3n) is 2.39. The molecule has 1 aromatic rings. The molecule has 0 atom stereocenters. The molecule has 0 radical (unpaired) electrons. The van der Waals surface area contributed by atoms with Gasteiger partial charge in [-0.25, -0.2) is 0 Å². The maximum Gasteiger partial charge on any atom is 0.119 e. The fourth-order valence-electron chi connectivity index (χ4n) is 1.76. The number of aryl methyl sites for hydroxylation is 1. The van der Waals surface area contributed by atoms with Crippen LogP contribution in [0.3, 0.4) is 0 Å². The smallest absolute Gasteiger partial charge is 0.119 e. The van der Waals surface area contributed by atoms with Gasteiger partial charge in [-0.1, -0.05) is 12.1 Å². The lowest BCUT2D eigenvalue weighted by Crippen LogP contribution is -2.38. The molecule has 0 unspecified atom stereocenters. The highest BCUT2D eigenvalue weighted by Gasteiger charge is 2.15. The Bertz CT molecular complexity index is 344. The fraction of sp³-hybridized carbons (Fsp3) is 0.571. The van der Waals surface area contributed by atoms with Gasteiger partial charge in [-0.2, -0.15) is 0 Å². The van der Waals surface area contributed by atoms with Gasteiger partial charge in [-0.05, 0) is 45.5 Å². The van der Waals surface area contributed by atoms with E-state index in [1.165, 1.54) is 5.56 Å². The van der Waals surface area contributed by atoms with Crippen molar-refractivity contribution in [1.82, 2.24) is 4.90 Å². The Balaban J connectivity index is 2.28. The first kappa shape index (κ1) is 14.0. The molecule has 0 spiro atoms. The van der Waals surface area contributed by atoms with Crippen molar-refractivity contribution in [2.75, 3.05) is 26.7 Å². The third kappa shape index (κ3) is 6.29. The summed E-state index contributed by atoms with van der Waals surface area (Å²) in [4.78, 5) is 2.07. The normalized spacial score (nSPS) is 11.9. The Kier molecular flexibility index (Phi) is 4.97. The van der Waals surface area contributed by atoms with Crippen LogP contribution in [0.4, 0.5) is 0 Å². The Labute approximate surface area is 104 Å². The molecule has 0 aliphatic heterocycles. The summed E-state index contributed by atoms with van der Waals surface area (Å²) in [6, 6.07) is 8.03. The lowest BCUT2D eigenvalue weighted by molar-refractivity contribution is 0.0411. The maximum absolute atomic E-state index is 9.66. The summed E-state index contributed by atoms with van der Waals surface area (Å²) in [6.07, 6.45) is 0. The summed E-state index contributed by atoms with van der Waals surface area (Å²) in [6.45, 7) is 7.75. The van der Waals surface area contributed by atoms with E-state index in [1.807, 2.05) is 52.1 Å². The predicted octanol–water partition coefficient (Wildman–Crippen LogP) is 2.08. The van der Waals surface area contributed by atoms with E-state index in [0.29, 0.717) is 13.2 Å². The number of hydrogen-bond acceptors (Lipinski definition) is 3. The lowest BCUT2D eigenvalue weighted by atomic mass is 10.1. The number of benzene rings is 1. The largest absolute Gasteiger partial charge is 0.492 e. The molecular weight excluding hydrogens is 214 g/mol. The molecule has 1 rings (SSSR count). The van der Waals surface area contributed by atoms with Gasteiger partial charge in [0.25, 0.3) is 0 Å². The summed E-state index contributed by atoms with van der Waals surface area (Å²) >= 11 is 0. The van der Waals surface area contributed by atoms with Crippen LogP contribution in [-0.2, 0) is 0 Å². The summed E-state index contributed by atoms with van der Waals surface area (Å²) < 4.78 is 5.65. The Morgan fingerprint density at radius 1 is 1.35 bits per heavy atom. The summed E-state index contributed by atoms with van der Waals surface area (Å²) in [5.74, 6) is 0.904. The van der Waals surface area contributed by atoms with Crippen molar-refractivity contribution in [1.29, 1.82) is 0 Å². The molecule has 0 bridgehead atoms. The van der Waals surface area contributed by atoms with Gasteiger partial charge in [0.05, 0.1) is 5.60 Å². The average molecular weight is 237 g/mol. The standard InChI is InChI=1S/C14H23NO2/c1-12-6-5-7-13(10-12)17-9-8-15(4)11-14(2,3)16/h5-7,10,16H,8-9,11H2,1-4H3. The van der Waals surface area contributed by atoms with Gasteiger partial charge < -0.3 is 14.7 Å². The zero-order valence-corrected chi connectivity index (χ0v) is 11.2. The van der Waals surface area contributed by atoms with E-state index < -0.39 is 5.60 Å². The van der Waals surface area contributed by atoms with Gasteiger partial charge in [0.1, 0.15) is 12.4 Å². The van der Waals surface area contributed by atoms with Crippen molar-refractivity contribution in [3.05, 3.63) is 29.8 Å². The Morgan fingerprint density at radius 2 is 2.06 bits per heavy atom. The van der Waals surface area contributed by atoms with Gasteiger partial charge in [-0.3, -0.25) is 0 Å². The van der Waals surface area contributed by atoms with Crippen LogP contribution in [0.1, 0.15) is 19.4 Å². The average Bonchev–Trinajstić information content (AvgIpc) is 2.14. The van der Waals surface area contributed by atoms with Crippen LogP contribution >= 0.6 is 0 Å². The first-order chi connectivity index (χ1) is 7.87. The van der Waals surface area contributed by atoms with Crippen molar-refractivity contribution in [2.45, 2.75) is 26.4 Å². The van der Waals surface area contributed by atoms with Crippen LogP contribution in [0.15, 0.2) is 24.3 Å². The van der Waals surface area contributed by atoms with Gasteiger partial charge >= 0.3 is 0 Å². The second-order valence-corrected chi connectivity index (χ2v) is 5.22. The van der Waals surface area contributed by atoms with Crippen LogP contribution in [0.5, 0.6) is 5.75 Å². The first-order valence-electron chi connectivity index (χ1n) is 5.97. The minimum Gasteiger partial charge on any atom is -0.492 e. The van der Waals surface area contributed by atoms with Gasteiger partial charge in [0.15, 0.2) is 0 Å². The maximum atomic E-state index is 9.66. The lowest BCUT2D eigenvalue weighted by Gasteiger charge is -2.25. The SMILES string of the molecule is Cc1cccc(OCCN(C)CC(C)(C)O)c1. The first-order valence-corrected chi connectivity index (χ1v) is 5.97. The fourth-order valence-corrected chi connectivity index (χ4v) is 1.76. The van der Waals surface area contributed by atoms with E-state index in [4.69, 9.17) is 4.74 Å². The number of likely N-dealkylation sites (N-methyl/N-ethyl adjacent to an activating group) is 1. The van der Waals surface area contributed by atoms with Crippen LogP contribution in [0, 0.1) is 6.92 Å². The number of ether oxygens (including phenoxy) is 1. The van der Waals surface area contributed by atoms with E-state index in [-0.39, 0.29) is 0 Å². The topological polar surface area (TPSA) is 32.7 Å². The van der Waals surface area contributed by atoms with E-state index in [9.17, 15) is 5.11 Å². The van der Waals surface area contributed by atoms with Crippen molar-refractivity contribution in [3.8, 4) is 5.75 Å². The molecule has 1 N–H and O–H groups in total. The molecular formula is C14H23NO2. The molecule has 0 heterocycles. The monoisotopic (exact) mass is 237 g/mol. The molecule has 0 amide bonds. The Hall–Kier alpha value is -1.06. The quantitative estimate of drug-likeness (QED) is 0.822. The van der Waals surface area contributed by atoms with E-state index in [2.05, 4.69) is 4.90 Å². The molecule has 0 aliphatic carbocycles. The second-order valence-electron chi connectivity index (χ2n) is 5.22. The molecule has 0 fully saturated rings. The van der Waals surface area contributed by atoms with Crippen molar-refractivity contribution < 1.29 is 9.84 Å².